The Bertz CT molecular complexity index is 669. The fourth-order valence-corrected chi connectivity index (χ4v) is 2.65. The minimum Gasteiger partial charge on any atom is -0.384 e. The number of hydrogen-bond donors (Lipinski definition) is 1. The van der Waals surface area contributed by atoms with Crippen LogP contribution in [0.4, 0.5) is 10.1 Å². The molecule has 1 aliphatic rings. The number of hydrogen-bond acceptors (Lipinski definition) is 2. The van der Waals surface area contributed by atoms with Gasteiger partial charge < -0.3 is 5.32 Å². The van der Waals surface area contributed by atoms with Crippen molar-refractivity contribution in [2.75, 3.05) is 11.9 Å². The van der Waals surface area contributed by atoms with Gasteiger partial charge in [0.1, 0.15) is 5.82 Å². The summed E-state index contributed by atoms with van der Waals surface area (Å²) in [5.74, 6) is -0.792. The molecule has 3 rings (SSSR count). The highest BCUT2D eigenvalue weighted by molar-refractivity contribution is 9.10. The fraction of sp³-hybridized carbons (Fsp3) is 0.133. The topological polar surface area (TPSA) is 29.1 Å². The molecule has 96 valence electrons. The molecule has 2 aromatic rings. The second-order valence-corrected chi connectivity index (χ2v) is 5.33. The van der Waals surface area contributed by atoms with Crippen LogP contribution < -0.4 is 5.32 Å². The minimum atomic E-state index is -0.508. The lowest BCUT2D eigenvalue weighted by atomic mass is 10.00. The molecular weight excluding hydrogens is 309 g/mol. The molecule has 1 aliphatic heterocycles. The predicted octanol–water partition coefficient (Wildman–Crippen LogP) is 3.79. The van der Waals surface area contributed by atoms with Gasteiger partial charge >= 0.3 is 0 Å². The van der Waals surface area contributed by atoms with Gasteiger partial charge in [0.05, 0.1) is 10.0 Å². The predicted molar refractivity (Wildman–Crippen MR) is 76.2 cm³/mol. The van der Waals surface area contributed by atoms with Gasteiger partial charge in [-0.05, 0) is 58.2 Å². The first-order valence-electron chi connectivity index (χ1n) is 6.02. The highest BCUT2D eigenvalue weighted by Crippen LogP contribution is 2.26. The van der Waals surface area contributed by atoms with Gasteiger partial charge in [-0.3, -0.25) is 4.79 Å². The summed E-state index contributed by atoms with van der Waals surface area (Å²) in [6, 6.07) is 10.2. The largest absolute Gasteiger partial charge is 0.384 e. The number of ketones is 1. The van der Waals surface area contributed by atoms with E-state index >= 15 is 0 Å². The van der Waals surface area contributed by atoms with Crippen LogP contribution in [0.2, 0.25) is 0 Å². The molecule has 0 saturated heterocycles. The number of benzene rings is 2. The number of carbonyl (C=O) groups is 1. The molecule has 0 unspecified atom stereocenters. The van der Waals surface area contributed by atoms with Crippen LogP contribution in [-0.2, 0) is 6.42 Å². The van der Waals surface area contributed by atoms with Gasteiger partial charge in [0, 0.05) is 17.8 Å². The SMILES string of the molecule is O=C(c1ccc2c(c1)CCN2)c1cccc(Br)c1F. The lowest BCUT2D eigenvalue weighted by Gasteiger charge is -2.06. The van der Waals surface area contributed by atoms with Crippen molar-refractivity contribution in [2.24, 2.45) is 0 Å². The Kier molecular flexibility index (Phi) is 3.11. The Hall–Kier alpha value is -1.68. The van der Waals surface area contributed by atoms with Crippen LogP contribution in [0.25, 0.3) is 0 Å². The first-order chi connectivity index (χ1) is 9.16. The maximum atomic E-state index is 13.9. The molecule has 19 heavy (non-hydrogen) atoms. The molecule has 0 fully saturated rings. The zero-order valence-electron chi connectivity index (χ0n) is 10.0. The summed E-state index contributed by atoms with van der Waals surface area (Å²) in [6.07, 6.45) is 0.900. The molecule has 1 heterocycles. The number of anilines is 1. The third-order valence-electron chi connectivity index (χ3n) is 3.27. The molecule has 2 nitrogen and oxygen atoms in total. The molecule has 0 radical (unpaired) electrons. The number of fused-ring (bicyclic) bond motifs is 1. The van der Waals surface area contributed by atoms with Crippen molar-refractivity contribution < 1.29 is 9.18 Å². The molecule has 0 amide bonds. The number of carbonyl (C=O) groups excluding carboxylic acids is 1. The minimum absolute atomic E-state index is 0.0975. The van der Waals surface area contributed by atoms with Crippen molar-refractivity contribution in [1.29, 1.82) is 0 Å². The fourth-order valence-electron chi connectivity index (χ4n) is 2.28. The molecule has 0 spiro atoms. The van der Waals surface area contributed by atoms with Gasteiger partial charge in [0.2, 0.25) is 0 Å². The van der Waals surface area contributed by atoms with E-state index in [-0.39, 0.29) is 11.3 Å². The van der Waals surface area contributed by atoms with Crippen LogP contribution in [0.1, 0.15) is 21.5 Å². The standard InChI is InChI=1S/C15H11BrFNO/c16-12-3-1-2-11(14(12)17)15(19)10-4-5-13-9(8-10)6-7-18-13/h1-5,8,18H,6-7H2. The van der Waals surface area contributed by atoms with E-state index in [1.54, 1.807) is 18.2 Å². The highest BCUT2D eigenvalue weighted by atomic mass is 79.9. The van der Waals surface area contributed by atoms with E-state index in [9.17, 15) is 9.18 Å². The van der Waals surface area contributed by atoms with E-state index in [0.717, 1.165) is 24.2 Å². The normalized spacial score (nSPS) is 12.9. The molecule has 0 aliphatic carbocycles. The summed E-state index contributed by atoms with van der Waals surface area (Å²) in [6.45, 7) is 0.887. The molecule has 0 bridgehead atoms. The van der Waals surface area contributed by atoms with Crippen LogP contribution >= 0.6 is 15.9 Å². The summed E-state index contributed by atoms with van der Waals surface area (Å²) < 4.78 is 14.2. The van der Waals surface area contributed by atoms with Crippen LogP contribution in [0, 0.1) is 5.82 Å². The number of halogens is 2. The van der Waals surface area contributed by atoms with E-state index in [1.807, 2.05) is 12.1 Å². The third kappa shape index (κ3) is 2.16. The summed E-state index contributed by atoms with van der Waals surface area (Å²) in [4.78, 5) is 12.3. The lowest BCUT2D eigenvalue weighted by Crippen LogP contribution is -2.05. The van der Waals surface area contributed by atoms with E-state index in [4.69, 9.17) is 0 Å². The van der Waals surface area contributed by atoms with Gasteiger partial charge in [-0.2, -0.15) is 0 Å². The van der Waals surface area contributed by atoms with E-state index in [1.165, 1.54) is 6.07 Å². The molecule has 0 saturated carbocycles. The van der Waals surface area contributed by atoms with Crippen molar-refractivity contribution in [3.63, 3.8) is 0 Å². The molecule has 1 N–H and O–H groups in total. The van der Waals surface area contributed by atoms with Gasteiger partial charge in [-0.15, -0.1) is 0 Å². The maximum absolute atomic E-state index is 13.9. The molecule has 4 heteroatoms. The van der Waals surface area contributed by atoms with Gasteiger partial charge in [0.25, 0.3) is 0 Å². The monoisotopic (exact) mass is 319 g/mol. The smallest absolute Gasteiger partial charge is 0.196 e. The second kappa shape index (κ2) is 4.78. The van der Waals surface area contributed by atoms with Gasteiger partial charge in [0.15, 0.2) is 5.78 Å². The Balaban J connectivity index is 2.02. The zero-order chi connectivity index (χ0) is 13.4. The summed E-state index contributed by atoms with van der Waals surface area (Å²) in [5.41, 5.74) is 2.80. The second-order valence-electron chi connectivity index (χ2n) is 4.48. The summed E-state index contributed by atoms with van der Waals surface area (Å²) >= 11 is 3.10. The van der Waals surface area contributed by atoms with Crippen molar-refractivity contribution >= 4 is 27.4 Å². The maximum Gasteiger partial charge on any atom is 0.196 e. The van der Waals surface area contributed by atoms with Crippen LogP contribution in [0.3, 0.4) is 0 Å². The van der Waals surface area contributed by atoms with Crippen LogP contribution in [0.5, 0.6) is 0 Å². The Labute approximate surface area is 118 Å². The van der Waals surface area contributed by atoms with E-state index in [0.29, 0.717) is 10.0 Å². The van der Waals surface area contributed by atoms with E-state index < -0.39 is 5.82 Å². The quantitative estimate of drug-likeness (QED) is 0.853. The van der Waals surface area contributed by atoms with Crippen molar-refractivity contribution in [3.8, 4) is 0 Å². The van der Waals surface area contributed by atoms with E-state index in [2.05, 4.69) is 21.2 Å². The summed E-state index contributed by atoms with van der Waals surface area (Å²) in [7, 11) is 0. The highest BCUT2D eigenvalue weighted by Gasteiger charge is 2.18. The first kappa shape index (κ1) is 12.4. The average molecular weight is 320 g/mol. The van der Waals surface area contributed by atoms with Crippen LogP contribution in [-0.4, -0.2) is 12.3 Å². The number of rotatable bonds is 2. The Morgan fingerprint density at radius 3 is 2.95 bits per heavy atom. The van der Waals surface area contributed by atoms with Gasteiger partial charge in [-0.1, -0.05) is 6.07 Å². The molecular formula is C15H11BrFNO. The molecule has 0 atom stereocenters. The Morgan fingerprint density at radius 1 is 1.26 bits per heavy atom. The van der Waals surface area contributed by atoms with Crippen molar-refractivity contribution in [3.05, 3.63) is 63.4 Å². The number of nitrogens with one attached hydrogen (secondary N) is 1. The molecule has 0 aromatic heterocycles. The zero-order valence-corrected chi connectivity index (χ0v) is 11.6. The first-order valence-corrected chi connectivity index (χ1v) is 6.81. The third-order valence-corrected chi connectivity index (χ3v) is 3.89. The van der Waals surface area contributed by atoms with Crippen molar-refractivity contribution in [2.45, 2.75) is 6.42 Å². The lowest BCUT2D eigenvalue weighted by molar-refractivity contribution is 0.103. The average Bonchev–Trinajstić information content (AvgIpc) is 2.88. The summed E-state index contributed by atoms with van der Waals surface area (Å²) in [5, 5.41) is 3.23. The molecule has 2 aromatic carbocycles. The van der Waals surface area contributed by atoms with Gasteiger partial charge in [-0.25, -0.2) is 4.39 Å². The van der Waals surface area contributed by atoms with Crippen molar-refractivity contribution in [1.82, 2.24) is 0 Å². The van der Waals surface area contributed by atoms with Crippen LogP contribution in [0.15, 0.2) is 40.9 Å². The Morgan fingerprint density at radius 2 is 2.11 bits per heavy atom.